The summed E-state index contributed by atoms with van der Waals surface area (Å²) in [4.78, 5) is 4.19. The Bertz CT molecular complexity index is 996. The third kappa shape index (κ3) is 3.81. The van der Waals surface area contributed by atoms with Gasteiger partial charge in [0.15, 0.2) is 11.5 Å². The molecule has 6 nitrogen and oxygen atoms in total. The number of hydrogen-bond donors (Lipinski definition) is 1. The van der Waals surface area contributed by atoms with Crippen molar-refractivity contribution in [1.29, 1.82) is 5.26 Å². The number of methoxy groups -OCH3 is 3. The lowest BCUT2D eigenvalue weighted by Crippen LogP contribution is -2.00. The van der Waals surface area contributed by atoms with Crippen molar-refractivity contribution in [3.63, 3.8) is 0 Å². The van der Waals surface area contributed by atoms with Gasteiger partial charge in [0.2, 0.25) is 5.75 Å². The lowest BCUT2D eigenvalue weighted by atomic mass is 10.1. The Morgan fingerprint density at radius 3 is 2.26 bits per heavy atom. The van der Waals surface area contributed by atoms with Crippen LogP contribution in [0, 0.1) is 17.1 Å². The molecule has 0 fully saturated rings. The third-order valence-corrected chi connectivity index (χ3v) is 3.88. The van der Waals surface area contributed by atoms with Crippen molar-refractivity contribution in [2.45, 2.75) is 0 Å². The molecule has 0 aliphatic rings. The number of fused-ring (bicyclic) bond motifs is 1. The van der Waals surface area contributed by atoms with Crippen LogP contribution in [0.25, 0.3) is 10.9 Å². The van der Waals surface area contributed by atoms with Gasteiger partial charge in [-0.15, -0.1) is 12.4 Å². The van der Waals surface area contributed by atoms with Crippen molar-refractivity contribution in [2.24, 2.45) is 0 Å². The number of anilines is 2. The number of hydrogen-bond acceptors (Lipinski definition) is 6. The fraction of sp³-hybridized carbons (Fsp3) is 0.158. The van der Waals surface area contributed by atoms with E-state index in [0.717, 1.165) is 0 Å². The van der Waals surface area contributed by atoms with Gasteiger partial charge in [-0.2, -0.15) is 5.26 Å². The van der Waals surface area contributed by atoms with E-state index in [4.69, 9.17) is 14.2 Å². The highest BCUT2D eigenvalue weighted by atomic mass is 35.5. The molecule has 3 rings (SSSR count). The molecule has 2 aromatic carbocycles. The summed E-state index contributed by atoms with van der Waals surface area (Å²) >= 11 is 0. The molecule has 1 aromatic heterocycles. The number of rotatable bonds is 5. The summed E-state index contributed by atoms with van der Waals surface area (Å²) in [6.07, 6.45) is 1.44. The summed E-state index contributed by atoms with van der Waals surface area (Å²) in [7, 11) is 4.54. The summed E-state index contributed by atoms with van der Waals surface area (Å²) in [5.74, 6) is 0.948. The Morgan fingerprint density at radius 2 is 1.70 bits per heavy atom. The van der Waals surface area contributed by atoms with Crippen molar-refractivity contribution < 1.29 is 18.6 Å². The van der Waals surface area contributed by atoms with Crippen molar-refractivity contribution in [1.82, 2.24) is 4.98 Å². The molecule has 8 heteroatoms. The Kier molecular flexibility index (Phi) is 6.27. The van der Waals surface area contributed by atoms with Gasteiger partial charge in [-0.05, 0) is 18.2 Å². The van der Waals surface area contributed by atoms with Gasteiger partial charge in [0, 0.05) is 29.4 Å². The standard InChI is InChI=1S/C19H16FN3O3.ClH/c1-24-16-7-13(8-17(25-2)19(16)26-3)23-18-11(9-21)10-22-15-5-4-12(20)6-14(15)18;/h4-8,10H,1-3H3,(H,22,23);1H. The zero-order chi connectivity index (χ0) is 18.7. The zero-order valence-corrected chi connectivity index (χ0v) is 15.7. The van der Waals surface area contributed by atoms with Crippen molar-refractivity contribution in [2.75, 3.05) is 26.6 Å². The van der Waals surface area contributed by atoms with Crippen LogP contribution in [0.3, 0.4) is 0 Å². The molecule has 0 amide bonds. The van der Waals surface area contributed by atoms with Gasteiger partial charge in [-0.25, -0.2) is 4.39 Å². The molecule has 0 aliphatic heterocycles. The largest absolute Gasteiger partial charge is 0.493 e. The van der Waals surface area contributed by atoms with Crippen LogP contribution in [0.15, 0.2) is 36.5 Å². The van der Waals surface area contributed by atoms with Gasteiger partial charge in [0.1, 0.15) is 11.9 Å². The maximum absolute atomic E-state index is 13.7. The molecular formula is C19H17ClFN3O3. The van der Waals surface area contributed by atoms with E-state index in [2.05, 4.69) is 16.4 Å². The van der Waals surface area contributed by atoms with E-state index in [9.17, 15) is 9.65 Å². The van der Waals surface area contributed by atoms with Crippen LogP contribution in [0.1, 0.15) is 5.56 Å². The molecule has 1 N–H and O–H groups in total. The number of halogens is 2. The van der Waals surface area contributed by atoms with E-state index in [1.807, 2.05) is 0 Å². The fourth-order valence-electron chi connectivity index (χ4n) is 2.68. The van der Waals surface area contributed by atoms with Gasteiger partial charge in [-0.3, -0.25) is 4.98 Å². The number of benzene rings is 2. The topological polar surface area (TPSA) is 76.4 Å². The molecule has 3 aromatic rings. The smallest absolute Gasteiger partial charge is 0.203 e. The number of ether oxygens (including phenoxy) is 3. The molecule has 0 unspecified atom stereocenters. The van der Waals surface area contributed by atoms with Crippen LogP contribution in [0.2, 0.25) is 0 Å². The van der Waals surface area contributed by atoms with E-state index in [0.29, 0.717) is 39.5 Å². The minimum Gasteiger partial charge on any atom is -0.493 e. The Balaban J connectivity index is 0.00000261. The monoisotopic (exact) mass is 389 g/mol. The predicted molar refractivity (Wildman–Crippen MR) is 103 cm³/mol. The molecular weight excluding hydrogens is 373 g/mol. The summed E-state index contributed by atoms with van der Waals surface area (Å²) in [6.45, 7) is 0. The number of nitrogens with one attached hydrogen (secondary N) is 1. The zero-order valence-electron chi connectivity index (χ0n) is 14.9. The second kappa shape index (κ2) is 8.43. The number of pyridine rings is 1. The van der Waals surface area contributed by atoms with Gasteiger partial charge < -0.3 is 19.5 Å². The molecule has 0 saturated carbocycles. The van der Waals surface area contributed by atoms with Crippen molar-refractivity contribution in [3.8, 4) is 23.3 Å². The Hall–Kier alpha value is -3.24. The highest BCUT2D eigenvalue weighted by Gasteiger charge is 2.16. The second-order valence-electron chi connectivity index (χ2n) is 5.36. The molecule has 0 aliphatic carbocycles. The SMILES string of the molecule is COc1cc(Nc2c(C#N)cnc3ccc(F)cc23)cc(OC)c1OC.Cl. The molecule has 0 radical (unpaired) electrons. The molecule has 0 saturated heterocycles. The van der Waals surface area contributed by atoms with Crippen LogP contribution in [0.5, 0.6) is 17.2 Å². The van der Waals surface area contributed by atoms with Gasteiger partial charge in [-0.1, -0.05) is 0 Å². The van der Waals surface area contributed by atoms with E-state index >= 15 is 0 Å². The molecule has 140 valence electrons. The second-order valence-corrected chi connectivity index (χ2v) is 5.36. The summed E-state index contributed by atoms with van der Waals surface area (Å²) in [5.41, 5.74) is 1.90. The predicted octanol–water partition coefficient (Wildman–Crippen LogP) is 4.44. The average Bonchev–Trinajstić information content (AvgIpc) is 2.67. The van der Waals surface area contributed by atoms with Gasteiger partial charge in [0.05, 0.1) is 38.1 Å². The molecule has 0 bridgehead atoms. The summed E-state index contributed by atoms with van der Waals surface area (Å²) in [6, 6.07) is 9.70. The first-order valence-electron chi connectivity index (χ1n) is 7.66. The van der Waals surface area contributed by atoms with E-state index in [1.165, 1.54) is 39.7 Å². The van der Waals surface area contributed by atoms with Crippen molar-refractivity contribution >= 4 is 34.7 Å². The quantitative estimate of drug-likeness (QED) is 0.695. The minimum absolute atomic E-state index is 0. The van der Waals surface area contributed by atoms with E-state index in [1.54, 1.807) is 18.2 Å². The average molecular weight is 390 g/mol. The number of nitriles is 1. The molecule has 1 heterocycles. The summed E-state index contributed by atoms with van der Waals surface area (Å²) in [5, 5.41) is 13.1. The highest BCUT2D eigenvalue weighted by molar-refractivity contribution is 5.96. The first-order valence-corrected chi connectivity index (χ1v) is 7.66. The molecule has 0 atom stereocenters. The summed E-state index contributed by atoms with van der Waals surface area (Å²) < 4.78 is 29.7. The highest BCUT2D eigenvalue weighted by Crippen LogP contribution is 2.41. The fourth-order valence-corrected chi connectivity index (χ4v) is 2.68. The van der Waals surface area contributed by atoms with Gasteiger partial charge >= 0.3 is 0 Å². The van der Waals surface area contributed by atoms with E-state index in [-0.39, 0.29) is 18.0 Å². The number of nitrogens with zero attached hydrogens (tertiary/aromatic N) is 2. The van der Waals surface area contributed by atoms with Crippen LogP contribution in [-0.4, -0.2) is 26.3 Å². The number of aromatic nitrogens is 1. The Labute approximate surface area is 161 Å². The van der Waals surface area contributed by atoms with Crippen LogP contribution < -0.4 is 19.5 Å². The van der Waals surface area contributed by atoms with E-state index < -0.39 is 5.82 Å². The van der Waals surface area contributed by atoms with Crippen LogP contribution in [0.4, 0.5) is 15.8 Å². The molecule has 0 spiro atoms. The van der Waals surface area contributed by atoms with Crippen LogP contribution in [-0.2, 0) is 0 Å². The first-order chi connectivity index (χ1) is 12.6. The maximum Gasteiger partial charge on any atom is 0.203 e. The lowest BCUT2D eigenvalue weighted by molar-refractivity contribution is 0.324. The maximum atomic E-state index is 13.7. The third-order valence-electron chi connectivity index (χ3n) is 3.88. The van der Waals surface area contributed by atoms with Gasteiger partial charge in [0.25, 0.3) is 0 Å². The first kappa shape index (κ1) is 20.1. The lowest BCUT2D eigenvalue weighted by Gasteiger charge is -2.16. The Morgan fingerprint density at radius 1 is 1.04 bits per heavy atom. The minimum atomic E-state index is -0.415. The molecule has 27 heavy (non-hydrogen) atoms. The van der Waals surface area contributed by atoms with Crippen LogP contribution >= 0.6 is 12.4 Å². The normalized spacial score (nSPS) is 9.89. The van der Waals surface area contributed by atoms with Crippen molar-refractivity contribution in [3.05, 3.63) is 47.9 Å².